The largest absolute Gasteiger partial charge is 0.497 e. The number of ether oxygens (including phenoxy) is 1. The van der Waals surface area contributed by atoms with Gasteiger partial charge in [-0.1, -0.05) is 28.1 Å². The van der Waals surface area contributed by atoms with Crippen LogP contribution in [0.25, 0.3) is 5.69 Å². The molecule has 31 heavy (non-hydrogen) atoms. The molecule has 0 aliphatic rings. The topological polar surface area (TPSA) is 74.0 Å². The lowest BCUT2D eigenvalue weighted by molar-refractivity contribution is 0.0940. The number of aromatic nitrogens is 4. The van der Waals surface area contributed by atoms with Crippen LogP contribution in [0.1, 0.15) is 33.5 Å². The number of carbonyl (C=O) groups is 1. The summed E-state index contributed by atoms with van der Waals surface area (Å²) in [5.74, 6) is 1.21. The molecule has 2 aromatic carbocycles. The van der Waals surface area contributed by atoms with Gasteiger partial charge < -0.3 is 14.6 Å². The Kier molecular flexibility index (Phi) is 5.90. The molecule has 1 amide bonds. The van der Waals surface area contributed by atoms with Crippen molar-refractivity contribution in [2.45, 2.75) is 13.0 Å². The zero-order valence-corrected chi connectivity index (χ0v) is 19.0. The molecule has 2 heterocycles. The molecule has 0 saturated carbocycles. The van der Waals surface area contributed by atoms with Crippen LogP contribution in [0, 0.1) is 6.92 Å². The fourth-order valence-electron chi connectivity index (χ4n) is 3.46. The normalized spacial score (nSPS) is 11.9. The van der Waals surface area contributed by atoms with Crippen molar-refractivity contribution < 1.29 is 9.53 Å². The van der Waals surface area contributed by atoms with Gasteiger partial charge in [-0.25, -0.2) is 9.67 Å². The molecular weight excluding hydrogens is 458 g/mol. The van der Waals surface area contributed by atoms with Gasteiger partial charge in [0.1, 0.15) is 17.6 Å². The molecule has 1 unspecified atom stereocenters. The summed E-state index contributed by atoms with van der Waals surface area (Å²) < 4.78 is 9.99. The van der Waals surface area contributed by atoms with Gasteiger partial charge in [-0.3, -0.25) is 4.79 Å². The van der Waals surface area contributed by atoms with E-state index in [4.69, 9.17) is 4.74 Å². The molecule has 0 radical (unpaired) electrons. The van der Waals surface area contributed by atoms with E-state index in [1.807, 2.05) is 73.3 Å². The summed E-state index contributed by atoms with van der Waals surface area (Å²) >= 11 is 3.44. The van der Waals surface area contributed by atoms with E-state index in [1.165, 1.54) is 0 Å². The van der Waals surface area contributed by atoms with E-state index < -0.39 is 6.04 Å². The highest BCUT2D eigenvalue weighted by Crippen LogP contribution is 2.25. The number of hydrogen-bond acceptors (Lipinski definition) is 4. The zero-order valence-electron chi connectivity index (χ0n) is 17.4. The van der Waals surface area contributed by atoms with Crippen molar-refractivity contribution in [2.75, 3.05) is 7.11 Å². The number of methoxy groups -OCH3 is 1. The number of rotatable bonds is 6. The first-order chi connectivity index (χ1) is 15.0. The molecule has 158 valence electrons. The van der Waals surface area contributed by atoms with E-state index in [0.29, 0.717) is 11.3 Å². The fourth-order valence-corrected chi connectivity index (χ4v) is 3.72. The maximum atomic E-state index is 13.3. The SMILES string of the molecule is COc1cccc(C(NC(=O)c2cnn(-c3ccc(Br)cc3)c2C)c2nccn2C)c1. The molecular formula is C23H22BrN5O2. The van der Waals surface area contributed by atoms with Crippen LogP contribution in [0.2, 0.25) is 0 Å². The Morgan fingerprint density at radius 2 is 1.97 bits per heavy atom. The standard InChI is InChI=1S/C23H22BrN5O2/c1-15-20(14-26-29(15)18-9-7-17(24)8-10-18)23(30)27-21(22-25-11-12-28(22)2)16-5-4-6-19(13-16)31-3/h4-14,21H,1-3H3,(H,27,30). The minimum atomic E-state index is -0.446. The molecule has 0 spiro atoms. The first-order valence-corrected chi connectivity index (χ1v) is 10.5. The molecule has 0 fully saturated rings. The van der Waals surface area contributed by atoms with Gasteiger partial charge in [-0.15, -0.1) is 0 Å². The summed E-state index contributed by atoms with van der Waals surface area (Å²) in [5, 5.41) is 7.54. The third-order valence-corrected chi connectivity index (χ3v) is 5.67. The number of benzene rings is 2. The zero-order chi connectivity index (χ0) is 22.0. The molecule has 8 heteroatoms. The van der Waals surface area contributed by atoms with Gasteiger partial charge in [0.2, 0.25) is 0 Å². The van der Waals surface area contributed by atoms with Crippen molar-refractivity contribution in [3.8, 4) is 11.4 Å². The molecule has 0 aliphatic carbocycles. The van der Waals surface area contributed by atoms with Crippen LogP contribution in [0.5, 0.6) is 5.75 Å². The summed E-state index contributed by atoms with van der Waals surface area (Å²) in [5.41, 5.74) is 3.02. The van der Waals surface area contributed by atoms with Crippen LogP contribution >= 0.6 is 15.9 Å². The predicted octanol–water partition coefficient (Wildman–Crippen LogP) is 4.20. The summed E-state index contributed by atoms with van der Waals surface area (Å²) in [6.45, 7) is 1.88. The van der Waals surface area contributed by atoms with Crippen molar-refractivity contribution in [3.63, 3.8) is 0 Å². The van der Waals surface area contributed by atoms with Gasteiger partial charge in [0.05, 0.1) is 30.3 Å². The lowest BCUT2D eigenvalue weighted by Crippen LogP contribution is -2.31. The number of nitrogens with zero attached hydrogens (tertiary/aromatic N) is 4. The van der Waals surface area contributed by atoms with Gasteiger partial charge in [0.25, 0.3) is 5.91 Å². The monoisotopic (exact) mass is 479 g/mol. The average Bonchev–Trinajstić information content (AvgIpc) is 3.38. The minimum Gasteiger partial charge on any atom is -0.497 e. The highest BCUT2D eigenvalue weighted by molar-refractivity contribution is 9.10. The second-order valence-electron chi connectivity index (χ2n) is 7.11. The Morgan fingerprint density at radius 3 is 2.65 bits per heavy atom. The fraction of sp³-hybridized carbons (Fsp3) is 0.174. The van der Waals surface area contributed by atoms with E-state index >= 15 is 0 Å². The lowest BCUT2D eigenvalue weighted by Gasteiger charge is -2.19. The summed E-state index contributed by atoms with van der Waals surface area (Å²) in [7, 11) is 3.52. The quantitative estimate of drug-likeness (QED) is 0.449. The summed E-state index contributed by atoms with van der Waals surface area (Å²) in [6, 6.07) is 14.9. The number of carbonyl (C=O) groups excluding carboxylic acids is 1. The molecule has 1 N–H and O–H groups in total. The second kappa shape index (κ2) is 8.77. The lowest BCUT2D eigenvalue weighted by atomic mass is 10.0. The highest BCUT2D eigenvalue weighted by atomic mass is 79.9. The average molecular weight is 480 g/mol. The smallest absolute Gasteiger partial charge is 0.255 e. The second-order valence-corrected chi connectivity index (χ2v) is 8.03. The van der Waals surface area contributed by atoms with E-state index in [0.717, 1.165) is 27.2 Å². The van der Waals surface area contributed by atoms with Gasteiger partial charge in [0.15, 0.2) is 0 Å². The number of aryl methyl sites for hydroxylation is 1. The van der Waals surface area contributed by atoms with Crippen molar-refractivity contribution in [1.29, 1.82) is 0 Å². The number of halogens is 1. The van der Waals surface area contributed by atoms with E-state index in [1.54, 1.807) is 24.2 Å². The highest BCUT2D eigenvalue weighted by Gasteiger charge is 2.24. The Hall–Kier alpha value is -3.39. The molecule has 4 aromatic rings. The molecule has 0 saturated heterocycles. The Labute approximate surface area is 188 Å². The summed E-state index contributed by atoms with van der Waals surface area (Å²) in [4.78, 5) is 17.7. The van der Waals surface area contributed by atoms with Crippen LogP contribution in [0.4, 0.5) is 0 Å². The Balaban J connectivity index is 1.67. The van der Waals surface area contributed by atoms with E-state index in [2.05, 4.69) is 31.3 Å². The number of hydrogen-bond donors (Lipinski definition) is 1. The van der Waals surface area contributed by atoms with E-state index in [9.17, 15) is 4.79 Å². The maximum absolute atomic E-state index is 13.3. The first kappa shape index (κ1) is 20.9. The minimum absolute atomic E-state index is 0.225. The van der Waals surface area contributed by atoms with Crippen molar-refractivity contribution in [1.82, 2.24) is 24.6 Å². The van der Waals surface area contributed by atoms with E-state index in [-0.39, 0.29) is 5.91 Å². The van der Waals surface area contributed by atoms with Crippen molar-refractivity contribution >= 4 is 21.8 Å². The van der Waals surface area contributed by atoms with Crippen molar-refractivity contribution in [2.24, 2.45) is 7.05 Å². The van der Waals surface area contributed by atoms with Gasteiger partial charge in [-0.05, 0) is 48.9 Å². The number of imidazole rings is 1. The maximum Gasteiger partial charge on any atom is 0.255 e. The van der Waals surface area contributed by atoms with Gasteiger partial charge >= 0.3 is 0 Å². The van der Waals surface area contributed by atoms with Crippen LogP contribution in [0.3, 0.4) is 0 Å². The Morgan fingerprint density at radius 1 is 1.19 bits per heavy atom. The molecule has 1 atom stereocenters. The molecule has 2 aromatic heterocycles. The van der Waals surface area contributed by atoms with Crippen LogP contribution in [-0.2, 0) is 7.05 Å². The first-order valence-electron chi connectivity index (χ1n) is 9.70. The van der Waals surface area contributed by atoms with Crippen LogP contribution < -0.4 is 10.1 Å². The van der Waals surface area contributed by atoms with Crippen LogP contribution in [0.15, 0.2) is 71.6 Å². The Bertz CT molecular complexity index is 1210. The van der Waals surface area contributed by atoms with Gasteiger partial charge in [-0.2, -0.15) is 5.10 Å². The molecule has 0 bridgehead atoms. The van der Waals surface area contributed by atoms with Gasteiger partial charge in [0, 0.05) is 23.9 Å². The predicted molar refractivity (Wildman–Crippen MR) is 122 cm³/mol. The molecule has 4 rings (SSSR count). The number of amides is 1. The summed E-state index contributed by atoms with van der Waals surface area (Å²) in [6.07, 6.45) is 5.16. The molecule has 7 nitrogen and oxygen atoms in total. The number of nitrogens with one attached hydrogen (secondary N) is 1. The third-order valence-electron chi connectivity index (χ3n) is 5.14. The van der Waals surface area contributed by atoms with Crippen LogP contribution in [-0.4, -0.2) is 32.3 Å². The molecule has 0 aliphatic heterocycles. The third kappa shape index (κ3) is 4.25. The van der Waals surface area contributed by atoms with Crippen molar-refractivity contribution in [3.05, 3.63) is 94.2 Å².